The van der Waals surface area contributed by atoms with Crippen molar-refractivity contribution in [3.63, 3.8) is 0 Å². The molecular formula is C12H24N2O. The maximum Gasteiger partial charge on any atom is 0.240 e. The summed E-state index contributed by atoms with van der Waals surface area (Å²) in [4.78, 5) is 14.5. The third-order valence-electron chi connectivity index (χ3n) is 3.92. The van der Waals surface area contributed by atoms with Gasteiger partial charge in [-0.3, -0.25) is 9.69 Å². The molecule has 0 aromatic carbocycles. The zero-order chi connectivity index (χ0) is 11.5. The molecule has 0 saturated carbocycles. The first-order valence-corrected chi connectivity index (χ1v) is 6.11. The maximum atomic E-state index is 12.1. The molecule has 0 aliphatic carbocycles. The van der Waals surface area contributed by atoms with E-state index in [4.69, 9.17) is 0 Å². The fourth-order valence-corrected chi connectivity index (χ4v) is 2.91. The third-order valence-corrected chi connectivity index (χ3v) is 3.92. The van der Waals surface area contributed by atoms with Crippen LogP contribution in [0.5, 0.6) is 0 Å². The molecule has 1 heterocycles. The van der Waals surface area contributed by atoms with E-state index >= 15 is 0 Å². The molecule has 88 valence electrons. The predicted octanol–water partition coefficient (Wildman–Crippen LogP) is 1.78. The van der Waals surface area contributed by atoms with Gasteiger partial charge in [-0.05, 0) is 39.2 Å². The van der Waals surface area contributed by atoms with Crippen molar-refractivity contribution in [1.82, 2.24) is 10.2 Å². The Kier molecular flexibility index (Phi) is 4.14. The van der Waals surface area contributed by atoms with Crippen LogP contribution in [0.4, 0.5) is 0 Å². The minimum Gasteiger partial charge on any atom is -0.358 e. The van der Waals surface area contributed by atoms with E-state index < -0.39 is 0 Å². The summed E-state index contributed by atoms with van der Waals surface area (Å²) in [7, 11) is 1.74. The molecule has 1 aliphatic rings. The Bertz CT molecular complexity index is 224. The molecule has 0 radical (unpaired) electrons. The smallest absolute Gasteiger partial charge is 0.240 e. The molecule has 1 N–H and O–H groups in total. The second-order valence-electron chi connectivity index (χ2n) is 4.50. The van der Waals surface area contributed by atoms with E-state index in [9.17, 15) is 4.79 Å². The summed E-state index contributed by atoms with van der Waals surface area (Å²) in [5, 5.41) is 2.82. The van der Waals surface area contributed by atoms with Crippen molar-refractivity contribution in [3.05, 3.63) is 0 Å². The number of amides is 1. The van der Waals surface area contributed by atoms with Crippen molar-refractivity contribution in [3.8, 4) is 0 Å². The van der Waals surface area contributed by atoms with Crippen LogP contribution < -0.4 is 5.32 Å². The zero-order valence-corrected chi connectivity index (χ0v) is 10.5. The van der Waals surface area contributed by atoms with Crippen LogP contribution in [0.2, 0.25) is 0 Å². The molecule has 0 spiro atoms. The molecule has 1 unspecified atom stereocenters. The molecule has 0 aromatic rings. The second kappa shape index (κ2) is 4.97. The SMILES string of the molecule is CCC(CC)(C(=O)NC)N1CCCC1C. The van der Waals surface area contributed by atoms with Gasteiger partial charge in [-0.1, -0.05) is 13.8 Å². The Hall–Kier alpha value is -0.570. The summed E-state index contributed by atoms with van der Waals surface area (Å²) in [5.41, 5.74) is -0.273. The molecule has 1 aliphatic heterocycles. The first-order valence-electron chi connectivity index (χ1n) is 6.11. The highest BCUT2D eigenvalue weighted by Crippen LogP contribution is 2.32. The van der Waals surface area contributed by atoms with Crippen molar-refractivity contribution in [2.45, 2.75) is 58.0 Å². The molecule has 1 atom stereocenters. The van der Waals surface area contributed by atoms with E-state index in [0.29, 0.717) is 6.04 Å². The van der Waals surface area contributed by atoms with Gasteiger partial charge >= 0.3 is 0 Å². The monoisotopic (exact) mass is 212 g/mol. The van der Waals surface area contributed by atoms with Crippen LogP contribution in [0.3, 0.4) is 0 Å². The normalized spacial score (nSPS) is 23.1. The number of rotatable bonds is 4. The van der Waals surface area contributed by atoms with E-state index in [0.717, 1.165) is 19.4 Å². The molecule has 0 bridgehead atoms. The van der Waals surface area contributed by atoms with Crippen LogP contribution in [-0.4, -0.2) is 36.0 Å². The van der Waals surface area contributed by atoms with Crippen molar-refractivity contribution in [2.24, 2.45) is 0 Å². The minimum atomic E-state index is -0.273. The average molecular weight is 212 g/mol. The van der Waals surface area contributed by atoms with E-state index in [1.807, 2.05) is 0 Å². The Morgan fingerprint density at radius 2 is 2.07 bits per heavy atom. The fourth-order valence-electron chi connectivity index (χ4n) is 2.91. The first-order chi connectivity index (χ1) is 7.12. The van der Waals surface area contributed by atoms with Crippen LogP contribution >= 0.6 is 0 Å². The highest BCUT2D eigenvalue weighted by molar-refractivity contribution is 5.86. The van der Waals surface area contributed by atoms with Crippen molar-refractivity contribution < 1.29 is 4.79 Å². The largest absolute Gasteiger partial charge is 0.358 e. The van der Waals surface area contributed by atoms with Gasteiger partial charge in [-0.25, -0.2) is 0 Å². The summed E-state index contributed by atoms with van der Waals surface area (Å²) in [6, 6.07) is 0.544. The van der Waals surface area contributed by atoms with Crippen LogP contribution in [-0.2, 0) is 4.79 Å². The Morgan fingerprint density at radius 1 is 1.47 bits per heavy atom. The number of carbonyl (C=O) groups excluding carboxylic acids is 1. The number of nitrogens with zero attached hydrogens (tertiary/aromatic N) is 1. The van der Waals surface area contributed by atoms with E-state index in [-0.39, 0.29) is 11.4 Å². The topological polar surface area (TPSA) is 32.3 Å². The van der Waals surface area contributed by atoms with Gasteiger partial charge in [0.2, 0.25) is 5.91 Å². The number of nitrogens with one attached hydrogen (secondary N) is 1. The highest BCUT2D eigenvalue weighted by Gasteiger charge is 2.43. The van der Waals surface area contributed by atoms with Crippen LogP contribution in [0.15, 0.2) is 0 Å². The van der Waals surface area contributed by atoms with Gasteiger partial charge in [-0.15, -0.1) is 0 Å². The van der Waals surface area contributed by atoms with Crippen LogP contribution in [0, 0.1) is 0 Å². The van der Waals surface area contributed by atoms with Gasteiger partial charge in [0.05, 0.1) is 5.54 Å². The predicted molar refractivity (Wildman–Crippen MR) is 62.8 cm³/mol. The summed E-state index contributed by atoms with van der Waals surface area (Å²) in [6.07, 6.45) is 4.24. The van der Waals surface area contributed by atoms with E-state index in [1.54, 1.807) is 7.05 Å². The van der Waals surface area contributed by atoms with Crippen molar-refractivity contribution in [1.29, 1.82) is 0 Å². The molecule has 0 aromatic heterocycles. The lowest BCUT2D eigenvalue weighted by molar-refractivity contribution is -0.134. The number of hydrogen-bond acceptors (Lipinski definition) is 2. The number of likely N-dealkylation sites (N-methyl/N-ethyl adjacent to an activating group) is 1. The minimum absolute atomic E-state index is 0.182. The third kappa shape index (κ3) is 2.03. The van der Waals surface area contributed by atoms with Crippen molar-refractivity contribution in [2.75, 3.05) is 13.6 Å². The lowest BCUT2D eigenvalue weighted by Gasteiger charge is -2.41. The Labute approximate surface area is 93.2 Å². The van der Waals surface area contributed by atoms with Gasteiger partial charge in [0.1, 0.15) is 0 Å². The molecule has 1 fully saturated rings. The molecule has 1 saturated heterocycles. The zero-order valence-electron chi connectivity index (χ0n) is 10.5. The van der Waals surface area contributed by atoms with Crippen molar-refractivity contribution >= 4 is 5.91 Å². The Morgan fingerprint density at radius 3 is 2.40 bits per heavy atom. The summed E-state index contributed by atoms with van der Waals surface area (Å²) < 4.78 is 0. The van der Waals surface area contributed by atoms with Crippen LogP contribution in [0.1, 0.15) is 46.5 Å². The summed E-state index contributed by atoms with van der Waals surface area (Å²) >= 11 is 0. The van der Waals surface area contributed by atoms with Crippen LogP contribution in [0.25, 0.3) is 0 Å². The summed E-state index contributed by atoms with van der Waals surface area (Å²) in [6.45, 7) is 7.53. The Balaban J connectivity index is 2.93. The standard InChI is InChI=1S/C12H24N2O/c1-5-12(6-2,11(15)13-4)14-9-7-8-10(14)3/h10H,5-9H2,1-4H3,(H,13,15). The first kappa shape index (κ1) is 12.5. The van der Waals surface area contributed by atoms with Gasteiger partial charge in [0.15, 0.2) is 0 Å². The lowest BCUT2D eigenvalue weighted by atomic mass is 9.88. The molecule has 3 nitrogen and oxygen atoms in total. The maximum absolute atomic E-state index is 12.1. The van der Waals surface area contributed by atoms with Gasteiger partial charge < -0.3 is 5.32 Å². The molecule has 15 heavy (non-hydrogen) atoms. The highest BCUT2D eigenvalue weighted by atomic mass is 16.2. The molecular weight excluding hydrogens is 188 g/mol. The van der Waals surface area contributed by atoms with Gasteiger partial charge in [-0.2, -0.15) is 0 Å². The molecule has 1 rings (SSSR count). The lowest BCUT2D eigenvalue weighted by Crippen LogP contribution is -2.58. The quantitative estimate of drug-likeness (QED) is 0.770. The number of carbonyl (C=O) groups is 1. The number of likely N-dealkylation sites (tertiary alicyclic amines) is 1. The second-order valence-corrected chi connectivity index (χ2v) is 4.50. The van der Waals surface area contributed by atoms with E-state index in [2.05, 4.69) is 31.0 Å². The van der Waals surface area contributed by atoms with Gasteiger partial charge in [0.25, 0.3) is 0 Å². The average Bonchev–Trinajstić information content (AvgIpc) is 2.68. The fraction of sp³-hybridized carbons (Fsp3) is 0.917. The number of hydrogen-bond donors (Lipinski definition) is 1. The molecule has 1 amide bonds. The molecule has 3 heteroatoms. The van der Waals surface area contributed by atoms with Gasteiger partial charge in [0, 0.05) is 13.1 Å². The van der Waals surface area contributed by atoms with E-state index in [1.165, 1.54) is 12.8 Å². The summed E-state index contributed by atoms with van der Waals surface area (Å²) in [5.74, 6) is 0.182.